The fourth-order valence-corrected chi connectivity index (χ4v) is 1.43. The Hall–Kier alpha value is -1.13. The Labute approximate surface area is 101 Å². The van der Waals surface area contributed by atoms with Crippen molar-refractivity contribution in [3.63, 3.8) is 0 Å². The first-order chi connectivity index (χ1) is 8.15. The molecule has 0 unspecified atom stereocenters. The molecule has 0 radical (unpaired) electrons. The molecule has 0 fully saturated rings. The van der Waals surface area contributed by atoms with E-state index in [9.17, 15) is 9.50 Å². The second-order valence-corrected chi connectivity index (χ2v) is 3.82. The summed E-state index contributed by atoms with van der Waals surface area (Å²) in [5.74, 6) is 0.122. The molecule has 0 aliphatic rings. The summed E-state index contributed by atoms with van der Waals surface area (Å²) >= 11 is 0. The minimum atomic E-state index is -0.753. The van der Waals surface area contributed by atoms with E-state index in [4.69, 9.17) is 9.47 Å². The molecule has 0 bridgehead atoms. The molecule has 1 atom stereocenters. The predicted molar refractivity (Wildman–Crippen MR) is 63.6 cm³/mol. The van der Waals surface area contributed by atoms with Crippen LogP contribution in [0.25, 0.3) is 0 Å². The van der Waals surface area contributed by atoms with Crippen LogP contribution in [0.4, 0.5) is 4.39 Å². The second kappa shape index (κ2) is 7.25. The SMILES string of the molecule is CCCOCCOc1ccc(F)cc1[C@@H](C)O. The van der Waals surface area contributed by atoms with Gasteiger partial charge in [0, 0.05) is 12.2 Å². The van der Waals surface area contributed by atoms with Crippen molar-refractivity contribution in [1.82, 2.24) is 0 Å². The lowest BCUT2D eigenvalue weighted by atomic mass is 10.1. The molecular weight excluding hydrogens is 223 g/mol. The summed E-state index contributed by atoms with van der Waals surface area (Å²) in [6, 6.07) is 4.12. The van der Waals surface area contributed by atoms with Gasteiger partial charge >= 0.3 is 0 Å². The topological polar surface area (TPSA) is 38.7 Å². The molecule has 1 aromatic rings. The van der Waals surface area contributed by atoms with Crippen LogP contribution in [-0.4, -0.2) is 24.9 Å². The second-order valence-electron chi connectivity index (χ2n) is 3.82. The molecule has 1 rings (SSSR count). The highest BCUT2D eigenvalue weighted by Gasteiger charge is 2.10. The summed E-state index contributed by atoms with van der Waals surface area (Å²) in [6.07, 6.45) is 0.215. The minimum Gasteiger partial charge on any atom is -0.491 e. The molecule has 17 heavy (non-hydrogen) atoms. The predicted octanol–water partition coefficient (Wildman–Crippen LogP) is 2.68. The van der Waals surface area contributed by atoms with Crippen LogP contribution in [0.3, 0.4) is 0 Å². The summed E-state index contributed by atoms with van der Waals surface area (Å²) in [5.41, 5.74) is 0.459. The third-order valence-corrected chi connectivity index (χ3v) is 2.26. The number of halogens is 1. The number of hydrogen-bond acceptors (Lipinski definition) is 3. The van der Waals surface area contributed by atoms with Crippen LogP contribution in [0.2, 0.25) is 0 Å². The molecule has 0 saturated carbocycles. The highest BCUT2D eigenvalue weighted by atomic mass is 19.1. The molecule has 0 spiro atoms. The number of ether oxygens (including phenoxy) is 2. The highest BCUT2D eigenvalue weighted by molar-refractivity contribution is 5.35. The van der Waals surface area contributed by atoms with Crippen molar-refractivity contribution in [1.29, 1.82) is 0 Å². The van der Waals surface area contributed by atoms with E-state index in [-0.39, 0.29) is 5.82 Å². The average Bonchev–Trinajstić information content (AvgIpc) is 2.30. The molecule has 0 amide bonds. The molecule has 0 aromatic heterocycles. The van der Waals surface area contributed by atoms with Crippen molar-refractivity contribution >= 4 is 0 Å². The summed E-state index contributed by atoms with van der Waals surface area (Å²) in [4.78, 5) is 0. The van der Waals surface area contributed by atoms with E-state index in [1.807, 2.05) is 6.92 Å². The van der Waals surface area contributed by atoms with Crippen molar-refractivity contribution in [2.24, 2.45) is 0 Å². The van der Waals surface area contributed by atoms with E-state index >= 15 is 0 Å². The van der Waals surface area contributed by atoms with Gasteiger partial charge in [0.15, 0.2) is 0 Å². The van der Waals surface area contributed by atoms with Crippen LogP contribution >= 0.6 is 0 Å². The number of hydrogen-bond donors (Lipinski definition) is 1. The third-order valence-electron chi connectivity index (χ3n) is 2.26. The number of rotatable bonds is 7. The standard InChI is InChI=1S/C13H19FO3/c1-3-6-16-7-8-17-13-5-4-11(14)9-12(13)10(2)15/h4-5,9-10,15H,3,6-8H2,1-2H3/t10-/m1/s1. The Kier molecular flexibility index (Phi) is 5.94. The smallest absolute Gasteiger partial charge is 0.125 e. The molecule has 1 N–H and O–H groups in total. The maximum Gasteiger partial charge on any atom is 0.125 e. The van der Waals surface area contributed by atoms with Gasteiger partial charge in [-0.15, -0.1) is 0 Å². The van der Waals surface area contributed by atoms with Gasteiger partial charge in [-0.1, -0.05) is 6.92 Å². The van der Waals surface area contributed by atoms with E-state index in [2.05, 4.69) is 0 Å². The Morgan fingerprint density at radius 3 is 2.71 bits per heavy atom. The summed E-state index contributed by atoms with van der Waals surface area (Å²) in [7, 11) is 0. The van der Waals surface area contributed by atoms with Gasteiger partial charge in [0.1, 0.15) is 18.2 Å². The molecule has 0 heterocycles. The van der Waals surface area contributed by atoms with Gasteiger partial charge in [0.2, 0.25) is 0 Å². The van der Waals surface area contributed by atoms with Crippen LogP contribution in [0.5, 0.6) is 5.75 Å². The Balaban J connectivity index is 2.52. The van der Waals surface area contributed by atoms with Gasteiger partial charge in [-0.05, 0) is 31.5 Å². The first kappa shape index (κ1) is 13.9. The fourth-order valence-electron chi connectivity index (χ4n) is 1.43. The van der Waals surface area contributed by atoms with E-state index in [1.54, 1.807) is 6.92 Å². The quantitative estimate of drug-likeness (QED) is 0.747. The van der Waals surface area contributed by atoms with Crippen LogP contribution < -0.4 is 4.74 Å². The van der Waals surface area contributed by atoms with Crippen molar-refractivity contribution < 1.29 is 19.0 Å². The molecule has 3 nitrogen and oxygen atoms in total. The maximum absolute atomic E-state index is 13.0. The Morgan fingerprint density at radius 2 is 2.06 bits per heavy atom. The van der Waals surface area contributed by atoms with E-state index in [0.717, 1.165) is 6.42 Å². The lowest BCUT2D eigenvalue weighted by Crippen LogP contribution is -2.09. The molecule has 4 heteroatoms. The summed E-state index contributed by atoms with van der Waals surface area (Å²) in [5, 5.41) is 9.49. The summed E-state index contributed by atoms with van der Waals surface area (Å²) < 4.78 is 23.7. The molecule has 0 saturated heterocycles. The van der Waals surface area contributed by atoms with Gasteiger partial charge < -0.3 is 14.6 Å². The zero-order valence-corrected chi connectivity index (χ0v) is 10.3. The van der Waals surface area contributed by atoms with Crippen molar-refractivity contribution in [2.45, 2.75) is 26.4 Å². The normalized spacial score (nSPS) is 12.5. The van der Waals surface area contributed by atoms with E-state index in [0.29, 0.717) is 31.1 Å². The van der Waals surface area contributed by atoms with E-state index in [1.165, 1.54) is 18.2 Å². The van der Waals surface area contributed by atoms with Gasteiger partial charge in [0.25, 0.3) is 0 Å². The molecule has 0 aliphatic heterocycles. The minimum absolute atomic E-state index is 0.379. The first-order valence-electron chi connectivity index (χ1n) is 5.83. The lowest BCUT2D eigenvalue weighted by molar-refractivity contribution is 0.0986. The van der Waals surface area contributed by atoms with Gasteiger partial charge in [0.05, 0.1) is 12.7 Å². The number of benzene rings is 1. The molecule has 1 aromatic carbocycles. The van der Waals surface area contributed by atoms with Crippen LogP contribution in [-0.2, 0) is 4.74 Å². The first-order valence-corrected chi connectivity index (χ1v) is 5.83. The van der Waals surface area contributed by atoms with Gasteiger partial charge in [-0.3, -0.25) is 0 Å². The number of aliphatic hydroxyl groups is 1. The zero-order valence-electron chi connectivity index (χ0n) is 10.3. The van der Waals surface area contributed by atoms with E-state index < -0.39 is 6.10 Å². The van der Waals surface area contributed by atoms with Gasteiger partial charge in [-0.25, -0.2) is 4.39 Å². The largest absolute Gasteiger partial charge is 0.491 e. The van der Waals surface area contributed by atoms with Crippen LogP contribution in [0, 0.1) is 5.82 Å². The van der Waals surface area contributed by atoms with Crippen LogP contribution in [0.1, 0.15) is 31.9 Å². The van der Waals surface area contributed by atoms with Crippen molar-refractivity contribution in [2.75, 3.05) is 19.8 Å². The molecular formula is C13H19FO3. The monoisotopic (exact) mass is 242 g/mol. The molecule has 96 valence electrons. The zero-order chi connectivity index (χ0) is 12.7. The Morgan fingerprint density at radius 1 is 1.29 bits per heavy atom. The van der Waals surface area contributed by atoms with Gasteiger partial charge in [-0.2, -0.15) is 0 Å². The van der Waals surface area contributed by atoms with Crippen molar-refractivity contribution in [3.05, 3.63) is 29.6 Å². The number of aliphatic hydroxyl groups excluding tert-OH is 1. The molecule has 0 aliphatic carbocycles. The Bertz CT molecular complexity index is 339. The fraction of sp³-hybridized carbons (Fsp3) is 0.538. The van der Waals surface area contributed by atoms with Crippen molar-refractivity contribution in [3.8, 4) is 5.75 Å². The third kappa shape index (κ3) is 4.71. The average molecular weight is 242 g/mol. The highest BCUT2D eigenvalue weighted by Crippen LogP contribution is 2.25. The summed E-state index contributed by atoms with van der Waals surface area (Å²) in [6.45, 7) is 5.20. The van der Waals surface area contributed by atoms with Crippen LogP contribution in [0.15, 0.2) is 18.2 Å². The lowest BCUT2D eigenvalue weighted by Gasteiger charge is -2.13. The maximum atomic E-state index is 13.0.